The van der Waals surface area contributed by atoms with Crippen LogP contribution in [-0.2, 0) is 24.3 Å². The van der Waals surface area contributed by atoms with Gasteiger partial charge in [0.15, 0.2) is 0 Å². The molecule has 28 heavy (non-hydrogen) atoms. The number of carbonyl (C=O) groups is 1. The van der Waals surface area contributed by atoms with Crippen molar-refractivity contribution in [1.29, 1.82) is 0 Å². The van der Waals surface area contributed by atoms with Crippen molar-refractivity contribution in [2.75, 3.05) is 19.6 Å². The highest BCUT2D eigenvalue weighted by atomic mass is 32.1. The van der Waals surface area contributed by atoms with Crippen molar-refractivity contribution in [2.45, 2.75) is 58.0 Å². The molecule has 6 nitrogen and oxygen atoms in total. The van der Waals surface area contributed by atoms with Gasteiger partial charge in [-0.2, -0.15) is 0 Å². The molecular weight excluding hydrogens is 372 g/mol. The van der Waals surface area contributed by atoms with Crippen LogP contribution in [0.1, 0.15) is 60.5 Å². The smallest absolute Gasteiger partial charge is 0.255 e. The molecule has 1 saturated heterocycles. The predicted molar refractivity (Wildman–Crippen MR) is 110 cm³/mol. The van der Waals surface area contributed by atoms with Gasteiger partial charge in [-0.3, -0.25) is 14.5 Å². The molecule has 2 aliphatic heterocycles. The van der Waals surface area contributed by atoms with Crippen LogP contribution in [0.3, 0.4) is 0 Å². The maximum Gasteiger partial charge on any atom is 0.255 e. The van der Waals surface area contributed by atoms with E-state index in [1.807, 2.05) is 11.8 Å². The summed E-state index contributed by atoms with van der Waals surface area (Å²) in [5.74, 6) is 1.12. The number of thiophene rings is 1. The summed E-state index contributed by atoms with van der Waals surface area (Å²) >= 11 is 1.75. The summed E-state index contributed by atoms with van der Waals surface area (Å²) in [6.45, 7) is 5.99. The van der Waals surface area contributed by atoms with E-state index in [2.05, 4.69) is 27.4 Å². The van der Waals surface area contributed by atoms with E-state index in [9.17, 15) is 9.59 Å². The number of amides is 1. The van der Waals surface area contributed by atoms with E-state index in [0.717, 1.165) is 62.4 Å². The number of likely N-dealkylation sites (tertiary alicyclic amines) is 1. The first kappa shape index (κ1) is 19.3. The molecule has 2 aromatic heterocycles. The van der Waals surface area contributed by atoms with Gasteiger partial charge in [0.25, 0.3) is 5.56 Å². The molecule has 0 spiro atoms. The third-order valence-corrected chi connectivity index (χ3v) is 6.61. The molecule has 0 aromatic carbocycles. The third kappa shape index (κ3) is 4.20. The van der Waals surface area contributed by atoms with E-state index in [-0.39, 0.29) is 17.4 Å². The second-order valence-electron chi connectivity index (χ2n) is 7.85. The summed E-state index contributed by atoms with van der Waals surface area (Å²) in [6, 6.07) is 4.21. The quantitative estimate of drug-likeness (QED) is 0.838. The Kier molecular flexibility index (Phi) is 5.92. The molecule has 0 aliphatic carbocycles. The number of H-pyrrole nitrogens is 1. The van der Waals surface area contributed by atoms with E-state index in [1.54, 1.807) is 11.3 Å². The maximum atomic E-state index is 12.8. The predicted octanol–water partition coefficient (Wildman–Crippen LogP) is 2.90. The molecule has 1 fully saturated rings. The van der Waals surface area contributed by atoms with Crippen LogP contribution in [0.4, 0.5) is 0 Å². The lowest BCUT2D eigenvalue weighted by Gasteiger charge is -2.33. The van der Waals surface area contributed by atoms with Gasteiger partial charge in [0.05, 0.1) is 11.3 Å². The number of aromatic amines is 1. The van der Waals surface area contributed by atoms with E-state index < -0.39 is 0 Å². The number of carbonyl (C=O) groups excluding carboxylic acids is 1. The lowest BCUT2D eigenvalue weighted by atomic mass is 9.96. The average molecular weight is 401 g/mol. The molecule has 0 radical (unpaired) electrons. The van der Waals surface area contributed by atoms with Gasteiger partial charge in [-0.15, -0.1) is 11.3 Å². The van der Waals surface area contributed by atoms with E-state index >= 15 is 0 Å². The van der Waals surface area contributed by atoms with Crippen LogP contribution >= 0.6 is 11.3 Å². The van der Waals surface area contributed by atoms with Gasteiger partial charge in [-0.25, -0.2) is 4.98 Å². The Morgan fingerprint density at radius 2 is 2.29 bits per heavy atom. The standard InChI is InChI=1S/C21H28N4O2S/c1-2-5-19(26)25-9-3-6-15(12-25)20-22-18-8-10-24(13-16-7-4-11-28-16)14-17(18)21(27)23-20/h4,7,11,15H,2-3,5-6,8-10,12-14H2,1H3,(H,22,23,27)/t15-/m0/s1. The number of hydrogen-bond acceptors (Lipinski definition) is 5. The molecule has 1 amide bonds. The second kappa shape index (κ2) is 8.57. The average Bonchev–Trinajstić information content (AvgIpc) is 3.21. The van der Waals surface area contributed by atoms with Crippen LogP contribution in [0.25, 0.3) is 0 Å². The molecule has 1 N–H and O–H groups in total. The van der Waals surface area contributed by atoms with Gasteiger partial charge in [0, 0.05) is 56.4 Å². The minimum Gasteiger partial charge on any atom is -0.342 e. The van der Waals surface area contributed by atoms with Crippen LogP contribution in [0.2, 0.25) is 0 Å². The number of piperidine rings is 1. The number of rotatable bonds is 5. The van der Waals surface area contributed by atoms with Crippen molar-refractivity contribution in [2.24, 2.45) is 0 Å². The number of fused-ring (bicyclic) bond motifs is 1. The van der Waals surface area contributed by atoms with Crippen molar-refractivity contribution in [3.8, 4) is 0 Å². The fourth-order valence-corrected chi connectivity index (χ4v) is 5.00. The van der Waals surface area contributed by atoms with Crippen molar-refractivity contribution in [3.05, 3.63) is 49.8 Å². The Balaban J connectivity index is 1.48. The fraction of sp³-hybridized carbons (Fsp3) is 0.571. The molecule has 2 aliphatic rings. The minimum atomic E-state index is -0.00659. The number of aromatic nitrogens is 2. The molecule has 0 saturated carbocycles. The fourth-order valence-electron chi connectivity index (χ4n) is 4.25. The van der Waals surface area contributed by atoms with Crippen molar-refractivity contribution < 1.29 is 4.79 Å². The van der Waals surface area contributed by atoms with Gasteiger partial charge in [-0.05, 0) is 30.7 Å². The summed E-state index contributed by atoms with van der Waals surface area (Å²) < 4.78 is 0. The number of nitrogens with zero attached hydrogens (tertiary/aromatic N) is 3. The summed E-state index contributed by atoms with van der Waals surface area (Å²) in [7, 11) is 0. The van der Waals surface area contributed by atoms with Crippen LogP contribution in [0, 0.1) is 0 Å². The van der Waals surface area contributed by atoms with Crippen molar-refractivity contribution in [3.63, 3.8) is 0 Å². The molecule has 0 unspecified atom stereocenters. The molecule has 150 valence electrons. The Morgan fingerprint density at radius 3 is 3.07 bits per heavy atom. The van der Waals surface area contributed by atoms with Gasteiger partial charge < -0.3 is 9.88 Å². The van der Waals surface area contributed by atoms with Gasteiger partial charge >= 0.3 is 0 Å². The van der Waals surface area contributed by atoms with Crippen LogP contribution in [0.15, 0.2) is 22.3 Å². The largest absolute Gasteiger partial charge is 0.342 e. The minimum absolute atomic E-state index is 0.00659. The lowest BCUT2D eigenvalue weighted by molar-refractivity contribution is -0.132. The molecule has 0 bridgehead atoms. The Labute approximate surface area is 169 Å². The molecule has 4 rings (SSSR count). The highest BCUT2D eigenvalue weighted by Crippen LogP contribution is 2.26. The zero-order valence-electron chi connectivity index (χ0n) is 16.4. The monoisotopic (exact) mass is 400 g/mol. The third-order valence-electron chi connectivity index (χ3n) is 5.75. The van der Waals surface area contributed by atoms with Crippen LogP contribution < -0.4 is 5.56 Å². The topological polar surface area (TPSA) is 69.3 Å². The van der Waals surface area contributed by atoms with E-state index in [1.165, 1.54) is 4.88 Å². The lowest BCUT2D eigenvalue weighted by Crippen LogP contribution is -2.41. The van der Waals surface area contributed by atoms with Crippen LogP contribution in [0.5, 0.6) is 0 Å². The number of hydrogen-bond donors (Lipinski definition) is 1. The first-order chi connectivity index (χ1) is 13.6. The molecular formula is C21H28N4O2S. The van der Waals surface area contributed by atoms with Gasteiger partial charge in [0.1, 0.15) is 5.82 Å². The first-order valence-corrected chi connectivity index (χ1v) is 11.2. The zero-order valence-corrected chi connectivity index (χ0v) is 17.3. The highest BCUT2D eigenvalue weighted by molar-refractivity contribution is 7.09. The normalized spacial score (nSPS) is 20.2. The van der Waals surface area contributed by atoms with Gasteiger partial charge in [-0.1, -0.05) is 13.0 Å². The molecule has 7 heteroatoms. The summed E-state index contributed by atoms with van der Waals surface area (Å²) in [6.07, 6.45) is 4.22. The Morgan fingerprint density at radius 1 is 1.39 bits per heavy atom. The zero-order chi connectivity index (χ0) is 19.5. The highest BCUT2D eigenvalue weighted by Gasteiger charge is 2.28. The maximum absolute atomic E-state index is 12.8. The molecule has 1 atom stereocenters. The molecule has 4 heterocycles. The SMILES string of the molecule is CCCC(=O)N1CCC[C@H](c2nc3c(c(=O)[nH]2)CN(Cc2cccs2)CC3)C1. The van der Waals surface area contributed by atoms with E-state index in [0.29, 0.717) is 19.5 Å². The van der Waals surface area contributed by atoms with Crippen LogP contribution in [-0.4, -0.2) is 45.3 Å². The Bertz CT molecular complexity index is 877. The summed E-state index contributed by atoms with van der Waals surface area (Å²) in [5.41, 5.74) is 1.74. The van der Waals surface area contributed by atoms with Crippen molar-refractivity contribution >= 4 is 17.2 Å². The first-order valence-electron chi connectivity index (χ1n) is 10.3. The second-order valence-corrected chi connectivity index (χ2v) is 8.88. The van der Waals surface area contributed by atoms with E-state index in [4.69, 9.17) is 4.98 Å². The summed E-state index contributed by atoms with van der Waals surface area (Å²) in [5, 5.41) is 2.09. The Hall–Kier alpha value is -1.99. The number of nitrogens with one attached hydrogen (secondary N) is 1. The summed E-state index contributed by atoms with van der Waals surface area (Å²) in [4.78, 5) is 38.5. The molecule has 2 aromatic rings. The van der Waals surface area contributed by atoms with Crippen molar-refractivity contribution in [1.82, 2.24) is 19.8 Å². The van der Waals surface area contributed by atoms with Gasteiger partial charge in [0.2, 0.25) is 5.91 Å².